The summed E-state index contributed by atoms with van der Waals surface area (Å²) in [4.78, 5) is 0. The lowest BCUT2D eigenvalue weighted by atomic mass is 10.1. The number of rotatable bonds is 4. The van der Waals surface area contributed by atoms with Gasteiger partial charge >= 0.3 is 0 Å². The van der Waals surface area contributed by atoms with E-state index in [4.69, 9.17) is 17.0 Å². The van der Waals surface area contributed by atoms with Gasteiger partial charge in [-0.2, -0.15) is 0 Å². The second-order valence-electron chi connectivity index (χ2n) is 4.64. The number of sulfone groups is 1. The lowest BCUT2D eigenvalue weighted by molar-refractivity contribution is 0.253. The highest BCUT2D eigenvalue weighted by atomic mass is 32.2. The molecule has 1 atom stereocenters. The van der Waals surface area contributed by atoms with E-state index in [1.807, 2.05) is 13.8 Å². The van der Waals surface area contributed by atoms with Gasteiger partial charge in [0.15, 0.2) is 9.84 Å². The molecule has 0 aromatic carbocycles. The Bertz CT molecular complexity index is 338. The molecule has 1 unspecified atom stereocenters. The van der Waals surface area contributed by atoms with Crippen LogP contribution in [0.1, 0.15) is 20.3 Å². The molecule has 1 aliphatic rings. The van der Waals surface area contributed by atoms with Crippen molar-refractivity contribution < 1.29 is 13.2 Å². The van der Waals surface area contributed by atoms with E-state index in [2.05, 4.69) is 5.32 Å². The van der Waals surface area contributed by atoms with Crippen molar-refractivity contribution in [1.29, 1.82) is 0 Å². The Hall–Kier alpha value is -0.360. The molecule has 0 aromatic heterocycles. The summed E-state index contributed by atoms with van der Waals surface area (Å²) in [6.07, 6.45) is 0.724. The second-order valence-corrected chi connectivity index (χ2v) is 7.24. The molecule has 1 heterocycles. The van der Waals surface area contributed by atoms with Crippen LogP contribution < -0.4 is 5.32 Å². The summed E-state index contributed by atoms with van der Waals surface area (Å²) in [6.45, 7) is 5.28. The van der Waals surface area contributed by atoms with E-state index in [9.17, 15) is 8.42 Å². The van der Waals surface area contributed by atoms with Gasteiger partial charge in [-0.05, 0) is 30.5 Å². The molecule has 0 spiro atoms. The van der Waals surface area contributed by atoms with Gasteiger partial charge in [0.05, 0.1) is 18.1 Å². The van der Waals surface area contributed by atoms with Crippen molar-refractivity contribution in [2.24, 2.45) is 11.8 Å². The lowest BCUT2D eigenvalue weighted by Gasteiger charge is -2.13. The van der Waals surface area contributed by atoms with Crippen molar-refractivity contribution in [3.63, 3.8) is 0 Å². The molecule has 1 aliphatic heterocycles. The van der Waals surface area contributed by atoms with E-state index in [1.54, 1.807) is 0 Å². The van der Waals surface area contributed by atoms with Crippen LogP contribution in [0.15, 0.2) is 0 Å². The number of nitrogens with one attached hydrogen (secondary N) is 1. The number of ether oxygens (including phenoxy) is 1. The predicted molar refractivity (Wildman–Crippen MR) is 68.2 cm³/mol. The summed E-state index contributed by atoms with van der Waals surface area (Å²) < 4.78 is 27.7. The van der Waals surface area contributed by atoms with Crippen LogP contribution >= 0.6 is 12.2 Å². The third-order valence-electron chi connectivity index (χ3n) is 2.41. The quantitative estimate of drug-likeness (QED) is 0.768. The average molecular weight is 265 g/mol. The van der Waals surface area contributed by atoms with Crippen LogP contribution in [0, 0.1) is 11.8 Å². The smallest absolute Gasteiger partial charge is 0.256 e. The first kappa shape index (κ1) is 13.7. The highest BCUT2D eigenvalue weighted by Crippen LogP contribution is 2.17. The van der Waals surface area contributed by atoms with Gasteiger partial charge in [-0.15, -0.1) is 0 Å². The van der Waals surface area contributed by atoms with Crippen molar-refractivity contribution in [3.8, 4) is 0 Å². The van der Waals surface area contributed by atoms with Crippen LogP contribution in [-0.4, -0.2) is 38.2 Å². The summed E-state index contributed by atoms with van der Waals surface area (Å²) in [5, 5.41) is 3.34. The maximum Gasteiger partial charge on any atom is 0.256 e. The monoisotopic (exact) mass is 265 g/mol. The molecule has 94 valence electrons. The fourth-order valence-electron chi connectivity index (χ4n) is 1.55. The topological polar surface area (TPSA) is 55.4 Å². The molecule has 1 N–H and O–H groups in total. The number of hydrogen-bond acceptors (Lipinski definition) is 4. The maximum absolute atomic E-state index is 11.2. The second kappa shape index (κ2) is 5.82. The molecule has 1 saturated heterocycles. The standard InChI is InChI=1S/C10H19NO3S2/c1-8(2)6-14-10(15)11-5-9-3-4-16(12,13)7-9/h8-9H,3-7H2,1-2H3,(H,11,15). The summed E-state index contributed by atoms with van der Waals surface area (Å²) >= 11 is 4.98. The van der Waals surface area contributed by atoms with Crippen LogP contribution in [0.3, 0.4) is 0 Å². The predicted octanol–water partition coefficient (Wildman–Crippen LogP) is 0.968. The van der Waals surface area contributed by atoms with Gasteiger partial charge in [-0.1, -0.05) is 13.8 Å². The van der Waals surface area contributed by atoms with Gasteiger partial charge in [-0.25, -0.2) is 8.42 Å². The summed E-state index contributed by atoms with van der Waals surface area (Å²) in [6, 6.07) is 0. The van der Waals surface area contributed by atoms with Gasteiger partial charge < -0.3 is 10.1 Å². The largest absolute Gasteiger partial charge is 0.471 e. The zero-order valence-corrected chi connectivity index (χ0v) is 11.4. The molecule has 4 nitrogen and oxygen atoms in total. The fourth-order valence-corrected chi connectivity index (χ4v) is 3.57. The van der Waals surface area contributed by atoms with E-state index in [0.717, 1.165) is 6.42 Å². The van der Waals surface area contributed by atoms with Crippen LogP contribution in [-0.2, 0) is 14.6 Å². The molecule has 0 saturated carbocycles. The van der Waals surface area contributed by atoms with Gasteiger partial charge in [0.25, 0.3) is 5.17 Å². The van der Waals surface area contributed by atoms with Crippen molar-refractivity contribution in [1.82, 2.24) is 5.32 Å². The molecular formula is C10H19NO3S2. The maximum atomic E-state index is 11.2. The Morgan fingerprint density at radius 2 is 2.25 bits per heavy atom. The molecule has 0 amide bonds. The molecular weight excluding hydrogens is 246 g/mol. The van der Waals surface area contributed by atoms with Crippen LogP contribution in [0.2, 0.25) is 0 Å². The zero-order valence-electron chi connectivity index (χ0n) is 9.73. The average Bonchev–Trinajstić information content (AvgIpc) is 2.52. The van der Waals surface area contributed by atoms with Crippen molar-refractivity contribution >= 4 is 27.2 Å². The molecule has 1 rings (SSSR count). The lowest BCUT2D eigenvalue weighted by Crippen LogP contribution is -2.30. The van der Waals surface area contributed by atoms with E-state index in [0.29, 0.717) is 30.0 Å². The fraction of sp³-hybridized carbons (Fsp3) is 0.900. The van der Waals surface area contributed by atoms with Crippen LogP contribution in [0.4, 0.5) is 0 Å². The SMILES string of the molecule is CC(C)COC(=S)NCC1CCS(=O)(=O)C1. The van der Waals surface area contributed by atoms with Crippen LogP contribution in [0.5, 0.6) is 0 Å². The first-order valence-corrected chi connectivity index (χ1v) is 7.73. The Morgan fingerprint density at radius 3 is 2.75 bits per heavy atom. The van der Waals surface area contributed by atoms with E-state index in [1.165, 1.54) is 0 Å². The van der Waals surface area contributed by atoms with E-state index in [-0.39, 0.29) is 11.7 Å². The molecule has 0 aromatic rings. The highest BCUT2D eigenvalue weighted by Gasteiger charge is 2.27. The molecule has 16 heavy (non-hydrogen) atoms. The molecule has 1 fully saturated rings. The van der Waals surface area contributed by atoms with Crippen molar-refractivity contribution in [2.75, 3.05) is 24.7 Å². The third-order valence-corrected chi connectivity index (χ3v) is 4.51. The van der Waals surface area contributed by atoms with E-state index >= 15 is 0 Å². The first-order valence-electron chi connectivity index (χ1n) is 5.50. The first-order chi connectivity index (χ1) is 7.39. The summed E-state index contributed by atoms with van der Waals surface area (Å²) in [7, 11) is -2.79. The Morgan fingerprint density at radius 1 is 1.56 bits per heavy atom. The molecule has 0 bridgehead atoms. The summed E-state index contributed by atoms with van der Waals surface area (Å²) in [5.41, 5.74) is 0. The summed E-state index contributed by atoms with van der Waals surface area (Å²) in [5.74, 6) is 1.18. The van der Waals surface area contributed by atoms with Gasteiger partial charge in [0.1, 0.15) is 0 Å². The van der Waals surface area contributed by atoms with Gasteiger partial charge in [-0.3, -0.25) is 0 Å². The number of hydrogen-bond donors (Lipinski definition) is 1. The molecule has 0 radical (unpaired) electrons. The Balaban J connectivity index is 2.18. The minimum atomic E-state index is -2.79. The Kier molecular flexibility index (Phi) is 4.98. The van der Waals surface area contributed by atoms with Crippen LogP contribution in [0.25, 0.3) is 0 Å². The van der Waals surface area contributed by atoms with Crippen molar-refractivity contribution in [2.45, 2.75) is 20.3 Å². The van der Waals surface area contributed by atoms with Gasteiger partial charge in [0.2, 0.25) is 0 Å². The highest BCUT2D eigenvalue weighted by molar-refractivity contribution is 7.91. The molecule has 6 heteroatoms. The minimum Gasteiger partial charge on any atom is -0.471 e. The normalized spacial score (nSPS) is 23.3. The number of thiocarbonyl (C=S) groups is 1. The molecule has 0 aliphatic carbocycles. The third kappa shape index (κ3) is 5.12. The zero-order chi connectivity index (χ0) is 12.2. The minimum absolute atomic E-state index is 0.172. The Labute approximate surface area is 103 Å². The van der Waals surface area contributed by atoms with Crippen molar-refractivity contribution in [3.05, 3.63) is 0 Å². The van der Waals surface area contributed by atoms with E-state index < -0.39 is 9.84 Å². The van der Waals surface area contributed by atoms with Gasteiger partial charge in [0, 0.05) is 6.54 Å².